The van der Waals surface area contributed by atoms with Gasteiger partial charge in [0.25, 0.3) is 0 Å². The van der Waals surface area contributed by atoms with Crippen molar-refractivity contribution in [1.29, 1.82) is 0 Å². The molecule has 4 amide bonds. The van der Waals surface area contributed by atoms with Gasteiger partial charge in [-0.15, -0.1) is 0 Å². The van der Waals surface area contributed by atoms with Gasteiger partial charge in [0.15, 0.2) is 0 Å². The first-order valence-electron chi connectivity index (χ1n) is 9.52. The fourth-order valence-electron chi connectivity index (χ4n) is 2.33. The lowest BCUT2D eigenvalue weighted by atomic mass is 10.1. The summed E-state index contributed by atoms with van der Waals surface area (Å²) in [5, 5.41) is 16.3. The number of hydrogen-bond acceptors (Lipinski definition) is 8. The number of nitrogens with two attached hydrogens (primary N) is 3. The van der Waals surface area contributed by atoms with Gasteiger partial charge in [0.05, 0.1) is 6.04 Å². The van der Waals surface area contributed by atoms with Gasteiger partial charge in [-0.1, -0.05) is 0 Å². The summed E-state index contributed by atoms with van der Waals surface area (Å²) in [6.45, 7) is 1.79. The van der Waals surface area contributed by atoms with E-state index in [9.17, 15) is 29.1 Å². The van der Waals surface area contributed by atoms with Gasteiger partial charge in [0.1, 0.15) is 18.1 Å². The zero-order chi connectivity index (χ0) is 23.3. The number of amides is 4. The summed E-state index contributed by atoms with van der Waals surface area (Å²) < 4.78 is 0. The molecule has 0 unspecified atom stereocenters. The lowest BCUT2D eigenvalue weighted by Gasteiger charge is -2.22. The highest BCUT2D eigenvalue weighted by atomic mass is 32.1. The average molecular weight is 449 g/mol. The fraction of sp³-hybridized carbons (Fsp3) is 0.706. The van der Waals surface area contributed by atoms with Gasteiger partial charge >= 0.3 is 5.97 Å². The molecule has 172 valence electrons. The van der Waals surface area contributed by atoms with Crippen LogP contribution >= 0.6 is 12.6 Å². The molecule has 0 spiro atoms. The van der Waals surface area contributed by atoms with E-state index in [1.807, 2.05) is 0 Å². The first-order valence-corrected chi connectivity index (χ1v) is 10.1. The zero-order valence-corrected chi connectivity index (χ0v) is 17.8. The molecule has 30 heavy (non-hydrogen) atoms. The number of carbonyl (C=O) groups is 5. The van der Waals surface area contributed by atoms with Crippen LogP contribution in [0.4, 0.5) is 0 Å². The molecule has 13 heteroatoms. The van der Waals surface area contributed by atoms with E-state index in [0.29, 0.717) is 19.4 Å². The molecule has 0 heterocycles. The van der Waals surface area contributed by atoms with Crippen LogP contribution in [0.1, 0.15) is 39.0 Å². The van der Waals surface area contributed by atoms with Crippen LogP contribution in [0, 0.1) is 0 Å². The lowest BCUT2D eigenvalue weighted by molar-refractivity contribution is -0.142. The SMILES string of the molecule is C[C@H](NC(=O)[C@H](CS)NC(=O)[C@@H](N)CCC(N)=O)C(=O)N[C@@H](CCCCN)C(=O)O. The Balaban J connectivity index is 4.74. The molecule has 0 aliphatic carbocycles. The normalized spacial score (nSPS) is 14.7. The van der Waals surface area contributed by atoms with Crippen molar-refractivity contribution >= 4 is 42.2 Å². The number of unbranched alkanes of at least 4 members (excludes halogenated alkanes) is 1. The van der Waals surface area contributed by atoms with Crippen molar-refractivity contribution < 1.29 is 29.1 Å². The number of hydrogen-bond donors (Lipinski definition) is 8. The average Bonchev–Trinajstić information content (AvgIpc) is 2.68. The molecule has 0 aromatic carbocycles. The van der Waals surface area contributed by atoms with Gasteiger partial charge in [-0.05, 0) is 39.2 Å². The van der Waals surface area contributed by atoms with Crippen LogP contribution in [0.2, 0.25) is 0 Å². The molecule has 10 N–H and O–H groups in total. The Hall–Kier alpha value is -2.38. The van der Waals surface area contributed by atoms with Gasteiger partial charge in [-0.3, -0.25) is 19.2 Å². The van der Waals surface area contributed by atoms with E-state index in [1.54, 1.807) is 0 Å². The third-order valence-electron chi connectivity index (χ3n) is 4.17. The van der Waals surface area contributed by atoms with Crippen LogP contribution in [0.5, 0.6) is 0 Å². The maximum Gasteiger partial charge on any atom is 0.326 e. The number of thiol groups is 1. The minimum Gasteiger partial charge on any atom is -0.480 e. The van der Waals surface area contributed by atoms with E-state index in [4.69, 9.17) is 17.2 Å². The standard InChI is InChI=1S/C17H32N6O6S/c1-9(14(25)22-11(17(28)29)4-2-3-7-18)21-16(27)12(8-30)23-15(26)10(19)5-6-13(20)24/h9-12,30H,2-8,18-19H2,1H3,(H2,20,24)(H,21,27)(H,22,25)(H,23,26)(H,28,29)/t9-,10-,11-,12-/m0/s1. The van der Waals surface area contributed by atoms with Gasteiger partial charge < -0.3 is 38.3 Å². The van der Waals surface area contributed by atoms with Crippen LogP contribution in [0.15, 0.2) is 0 Å². The summed E-state index contributed by atoms with van der Waals surface area (Å²) in [7, 11) is 0. The highest BCUT2D eigenvalue weighted by molar-refractivity contribution is 7.80. The smallest absolute Gasteiger partial charge is 0.326 e. The van der Waals surface area contributed by atoms with Crippen molar-refractivity contribution in [2.24, 2.45) is 17.2 Å². The van der Waals surface area contributed by atoms with E-state index in [-0.39, 0.29) is 25.0 Å². The van der Waals surface area contributed by atoms with Gasteiger partial charge in [-0.2, -0.15) is 12.6 Å². The van der Waals surface area contributed by atoms with Crippen molar-refractivity contribution in [2.45, 2.75) is 63.2 Å². The first-order chi connectivity index (χ1) is 14.0. The Kier molecular flexibility index (Phi) is 13.4. The van der Waals surface area contributed by atoms with Crippen LogP contribution in [0.25, 0.3) is 0 Å². The molecule has 0 aromatic rings. The van der Waals surface area contributed by atoms with E-state index in [1.165, 1.54) is 6.92 Å². The predicted octanol–water partition coefficient (Wildman–Crippen LogP) is -2.80. The summed E-state index contributed by atoms with van der Waals surface area (Å²) in [6.07, 6.45) is 1.29. The molecule has 0 aliphatic heterocycles. The minimum absolute atomic E-state index is 0.0155. The second kappa shape index (κ2) is 14.6. The monoisotopic (exact) mass is 448 g/mol. The molecular formula is C17H32N6O6S. The number of carboxylic acids is 1. The third-order valence-corrected chi connectivity index (χ3v) is 4.53. The Labute approximate surface area is 180 Å². The second-order valence-electron chi connectivity index (χ2n) is 6.77. The molecular weight excluding hydrogens is 416 g/mol. The molecule has 12 nitrogen and oxygen atoms in total. The van der Waals surface area contributed by atoms with Crippen LogP contribution in [-0.4, -0.2) is 71.2 Å². The lowest BCUT2D eigenvalue weighted by Crippen LogP contribution is -2.56. The third kappa shape index (κ3) is 11.0. The number of carbonyl (C=O) groups excluding carboxylic acids is 4. The number of rotatable bonds is 15. The van der Waals surface area contributed by atoms with Gasteiger partial charge in [0, 0.05) is 12.2 Å². The Bertz CT molecular complexity index is 620. The predicted molar refractivity (Wildman–Crippen MR) is 112 cm³/mol. The number of aliphatic carboxylic acids is 1. The molecule has 0 radical (unpaired) electrons. The van der Waals surface area contributed by atoms with Crippen LogP contribution in [0.3, 0.4) is 0 Å². The fourth-order valence-corrected chi connectivity index (χ4v) is 2.59. The minimum atomic E-state index is -1.19. The highest BCUT2D eigenvalue weighted by Gasteiger charge is 2.27. The molecule has 0 aliphatic rings. The van der Waals surface area contributed by atoms with Crippen molar-refractivity contribution in [3.05, 3.63) is 0 Å². The molecule has 0 bridgehead atoms. The van der Waals surface area contributed by atoms with E-state index >= 15 is 0 Å². The molecule has 0 rings (SSSR count). The van der Waals surface area contributed by atoms with Crippen molar-refractivity contribution in [2.75, 3.05) is 12.3 Å². The zero-order valence-electron chi connectivity index (χ0n) is 16.9. The van der Waals surface area contributed by atoms with E-state index in [0.717, 1.165) is 0 Å². The van der Waals surface area contributed by atoms with E-state index in [2.05, 4.69) is 28.6 Å². The highest BCUT2D eigenvalue weighted by Crippen LogP contribution is 2.02. The number of carboxylic acid groups (broad SMARTS) is 1. The first kappa shape index (κ1) is 27.6. The second-order valence-corrected chi connectivity index (χ2v) is 7.13. The quantitative estimate of drug-likeness (QED) is 0.0963. The Morgan fingerprint density at radius 2 is 1.53 bits per heavy atom. The summed E-state index contributed by atoms with van der Waals surface area (Å²) >= 11 is 4.01. The maximum absolute atomic E-state index is 12.3. The Morgan fingerprint density at radius 3 is 2.03 bits per heavy atom. The molecule has 0 saturated carbocycles. The summed E-state index contributed by atoms with van der Waals surface area (Å²) in [5.41, 5.74) is 16.0. The van der Waals surface area contributed by atoms with E-state index < -0.39 is 53.8 Å². The molecule has 4 atom stereocenters. The van der Waals surface area contributed by atoms with Crippen LogP contribution in [-0.2, 0) is 24.0 Å². The van der Waals surface area contributed by atoms with Gasteiger partial charge in [-0.25, -0.2) is 4.79 Å². The summed E-state index contributed by atoms with van der Waals surface area (Å²) in [5.74, 6) is -3.93. The molecule has 0 fully saturated rings. The summed E-state index contributed by atoms with van der Waals surface area (Å²) in [6, 6.07) is -4.29. The Morgan fingerprint density at radius 1 is 0.933 bits per heavy atom. The maximum atomic E-state index is 12.3. The van der Waals surface area contributed by atoms with Crippen molar-refractivity contribution in [1.82, 2.24) is 16.0 Å². The number of primary amides is 1. The number of nitrogens with one attached hydrogen (secondary N) is 3. The van der Waals surface area contributed by atoms with Crippen LogP contribution < -0.4 is 33.2 Å². The van der Waals surface area contributed by atoms with Crippen molar-refractivity contribution in [3.8, 4) is 0 Å². The largest absolute Gasteiger partial charge is 0.480 e. The topological polar surface area (TPSA) is 220 Å². The van der Waals surface area contributed by atoms with Crippen molar-refractivity contribution in [3.63, 3.8) is 0 Å². The van der Waals surface area contributed by atoms with Gasteiger partial charge in [0.2, 0.25) is 23.6 Å². The summed E-state index contributed by atoms with van der Waals surface area (Å²) in [4.78, 5) is 58.7. The molecule has 0 saturated heterocycles. The molecule has 0 aromatic heterocycles.